The largest absolute Gasteiger partial charge is 0.336 e. The molecule has 1 atom stereocenters. The number of nitrogens with zero attached hydrogens (tertiary/aromatic N) is 1. The highest BCUT2D eigenvalue weighted by molar-refractivity contribution is 5.77. The molecule has 0 spiro atoms. The Hall–Kier alpha value is -1.51. The van der Waals surface area contributed by atoms with Crippen molar-refractivity contribution in [1.82, 2.24) is 10.2 Å². The molecule has 16 heavy (non-hydrogen) atoms. The van der Waals surface area contributed by atoms with Gasteiger partial charge in [0.25, 0.3) is 0 Å². The summed E-state index contributed by atoms with van der Waals surface area (Å²) in [5.74, 6) is 0.495. The monoisotopic (exact) mass is 218 g/mol. The van der Waals surface area contributed by atoms with E-state index in [2.05, 4.69) is 31.3 Å². The molecule has 0 aromatic heterocycles. The summed E-state index contributed by atoms with van der Waals surface area (Å²) in [7, 11) is 0. The van der Waals surface area contributed by atoms with Crippen LogP contribution in [0.3, 0.4) is 0 Å². The van der Waals surface area contributed by atoms with Crippen LogP contribution < -0.4 is 5.32 Å². The average Bonchev–Trinajstić information content (AvgIpc) is 2.61. The first-order chi connectivity index (χ1) is 7.68. The first-order valence-electron chi connectivity index (χ1n) is 5.78. The van der Waals surface area contributed by atoms with Crippen molar-refractivity contribution in [3.05, 3.63) is 35.9 Å². The van der Waals surface area contributed by atoms with Gasteiger partial charge in [-0.25, -0.2) is 4.79 Å². The van der Waals surface area contributed by atoms with Gasteiger partial charge >= 0.3 is 6.03 Å². The zero-order chi connectivity index (χ0) is 11.5. The highest BCUT2D eigenvalue weighted by Crippen LogP contribution is 2.24. The standard InChI is InChI=1S/C13H18N2O/c1-10(2)9-15-12(8-14-13(15)16)11-6-4-3-5-7-11/h3-7,10,12H,8-9H2,1-2H3,(H,14,16). The molecule has 1 heterocycles. The van der Waals surface area contributed by atoms with E-state index in [1.165, 1.54) is 5.56 Å². The molecule has 0 radical (unpaired) electrons. The van der Waals surface area contributed by atoms with Crippen molar-refractivity contribution < 1.29 is 4.79 Å². The quantitative estimate of drug-likeness (QED) is 0.830. The average molecular weight is 218 g/mol. The molecule has 2 rings (SSSR count). The van der Waals surface area contributed by atoms with Crippen LogP contribution in [0.25, 0.3) is 0 Å². The van der Waals surface area contributed by atoms with Gasteiger partial charge in [0.1, 0.15) is 0 Å². The lowest BCUT2D eigenvalue weighted by Crippen LogP contribution is -2.33. The number of carbonyl (C=O) groups excluding carboxylic acids is 1. The summed E-state index contributed by atoms with van der Waals surface area (Å²) in [6, 6.07) is 10.5. The smallest absolute Gasteiger partial charge is 0.318 e. The van der Waals surface area contributed by atoms with Crippen LogP contribution in [0.5, 0.6) is 0 Å². The molecule has 0 bridgehead atoms. The van der Waals surface area contributed by atoms with Gasteiger partial charge < -0.3 is 10.2 Å². The second kappa shape index (κ2) is 4.56. The van der Waals surface area contributed by atoms with E-state index in [-0.39, 0.29) is 12.1 Å². The third kappa shape index (κ3) is 2.18. The Kier molecular flexibility index (Phi) is 3.13. The van der Waals surface area contributed by atoms with Gasteiger partial charge in [-0.15, -0.1) is 0 Å². The first-order valence-corrected chi connectivity index (χ1v) is 5.78. The number of rotatable bonds is 3. The predicted octanol–water partition coefficient (Wildman–Crippen LogP) is 2.41. The molecular weight excluding hydrogens is 200 g/mol. The molecule has 2 amide bonds. The van der Waals surface area contributed by atoms with E-state index < -0.39 is 0 Å². The molecule has 0 aliphatic carbocycles. The second-order valence-corrected chi connectivity index (χ2v) is 4.66. The highest BCUT2D eigenvalue weighted by Gasteiger charge is 2.31. The lowest BCUT2D eigenvalue weighted by Gasteiger charge is -2.25. The third-order valence-electron chi connectivity index (χ3n) is 2.83. The Morgan fingerprint density at radius 3 is 2.69 bits per heavy atom. The Labute approximate surface area is 96.5 Å². The number of hydrogen-bond acceptors (Lipinski definition) is 1. The van der Waals surface area contributed by atoms with E-state index in [0.717, 1.165) is 13.1 Å². The van der Waals surface area contributed by atoms with Gasteiger partial charge in [0.05, 0.1) is 6.04 Å². The van der Waals surface area contributed by atoms with E-state index in [1.807, 2.05) is 23.1 Å². The van der Waals surface area contributed by atoms with Gasteiger partial charge in [0, 0.05) is 13.1 Å². The van der Waals surface area contributed by atoms with Gasteiger partial charge in [-0.2, -0.15) is 0 Å². The predicted molar refractivity (Wildman–Crippen MR) is 64.1 cm³/mol. The Bertz CT molecular complexity index is 361. The van der Waals surface area contributed by atoms with Crippen molar-refractivity contribution in [2.24, 2.45) is 5.92 Å². The number of hydrogen-bond donors (Lipinski definition) is 1. The normalized spacial score (nSPS) is 20.3. The van der Waals surface area contributed by atoms with E-state index in [1.54, 1.807) is 0 Å². The Balaban J connectivity index is 2.18. The van der Waals surface area contributed by atoms with Crippen molar-refractivity contribution in [3.63, 3.8) is 0 Å². The molecule has 1 aromatic carbocycles. The van der Waals surface area contributed by atoms with Crippen molar-refractivity contribution in [3.8, 4) is 0 Å². The summed E-state index contributed by atoms with van der Waals surface area (Å²) < 4.78 is 0. The topological polar surface area (TPSA) is 32.3 Å². The van der Waals surface area contributed by atoms with Gasteiger partial charge in [0.2, 0.25) is 0 Å². The maximum atomic E-state index is 11.7. The molecule has 1 fully saturated rings. The summed E-state index contributed by atoms with van der Waals surface area (Å²) in [6.45, 7) is 5.79. The van der Waals surface area contributed by atoms with Crippen molar-refractivity contribution in [2.45, 2.75) is 19.9 Å². The zero-order valence-electron chi connectivity index (χ0n) is 9.81. The highest BCUT2D eigenvalue weighted by atomic mass is 16.2. The summed E-state index contributed by atoms with van der Waals surface area (Å²) in [5.41, 5.74) is 1.21. The SMILES string of the molecule is CC(C)CN1C(=O)NCC1c1ccccc1. The maximum Gasteiger partial charge on any atom is 0.318 e. The fourth-order valence-corrected chi connectivity index (χ4v) is 2.11. The molecule has 1 unspecified atom stereocenters. The Morgan fingerprint density at radius 2 is 2.06 bits per heavy atom. The number of urea groups is 1. The third-order valence-corrected chi connectivity index (χ3v) is 2.83. The van der Waals surface area contributed by atoms with Crippen LogP contribution in [0, 0.1) is 5.92 Å². The number of carbonyl (C=O) groups is 1. The maximum absolute atomic E-state index is 11.7. The van der Waals surface area contributed by atoms with Gasteiger partial charge in [-0.05, 0) is 11.5 Å². The van der Waals surface area contributed by atoms with E-state index in [9.17, 15) is 4.79 Å². The van der Waals surface area contributed by atoms with Gasteiger partial charge in [-0.3, -0.25) is 0 Å². The summed E-state index contributed by atoms with van der Waals surface area (Å²) >= 11 is 0. The van der Waals surface area contributed by atoms with Crippen LogP contribution in [-0.2, 0) is 0 Å². The van der Waals surface area contributed by atoms with Crippen LogP contribution in [-0.4, -0.2) is 24.0 Å². The van der Waals surface area contributed by atoms with E-state index in [4.69, 9.17) is 0 Å². The van der Waals surface area contributed by atoms with Crippen molar-refractivity contribution in [2.75, 3.05) is 13.1 Å². The van der Waals surface area contributed by atoms with Gasteiger partial charge in [-0.1, -0.05) is 44.2 Å². The number of benzene rings is 1. The molecule has 1 aliphatic rings. The minimum absolute atomic E-state index is 0.0579. The molecule has 1 N–H and O–H groups in total. The number of amides is 2. The Morgan fingerprint density at radius 1 is 1.38 bits per heavy atom. The number of nitrogens with one attached hydrogen (secondary N) is 1. The molecule has 1 aromatic rings. The minimum Gasteiger partial charge on any atom is -0.336 e. The fourth-order valence-electron chi connectivity index (χ4n) is 2.11. The van der Waals surface area contributed by atoms with Gasteiger partial charge in [0.15, 0.2) is 0 Å². The summed E-state index contributed by atoms with van der Waals surface area (Å²) in [4.78, 5) is 13.6. The zero-order valence-corrected chi connectivity index (χ0v) is 9.81. The molecule has 1 saturated heterocycles. The molecular formula is C13H18N2O. The molecule has 1 aliphatic heterocycles. The molecule has 3 nitrogen and oxygen atoms in total. The lowest BCUT2D eigenvalue weighted by molar-refractivity contribution is 0.196. The van der Waals surface area contributed by atoms with Crippen LogP contribution in [0.1, 0.15) is 25.5 Å². The summed E-state index contributed by atoms with van der Waals surface area (Å²) in [5, 5.41) is 2.91. The van der Waals surface area contributed by atoms with E-state index >= 15 is 0 Å². The van der Waals surface area contributed by atoms with Crippen molar-refractivity contribution in [1.29, 1.82) is 0 Å². The van der Waals surface area contributed by atoms with Crippen molar-refractivity contribution >= 4 is 6.03 Å². The van der Waals surface area contributed by atoms with Crippen LogP contribution in [0.15, 0.2) is 30.3 Å². The van der Waals surface area contributed by atoms with Crippen LogP contribution >= 0.6 is 0 Å². The second-order valence-electron chi connectivity index (χ2n) is 4.66. The van der Waals surface area contributed by atoms with Crippen LogP contribution in [0.2, 0.25) is 0 Å². The fraction of sp³-hybridized carbons (Fsp3) is 0.462. The molecule has 0 saturated carbocycles. The molecule has 86 valence electrons. The minimum atomic E-state index is 0.0579. The summed E-state index contributed by atoms with van der Waals surface area (Å²) in [6.07, 6.45) is 0. The first kappa shape index (κ1) is 11.0. The lowest BCUT2D eigenvalue weighted by atomic mass is 10.1. The van der Waals surface area contributed by atoms with E-state index in [0.29, 0.717) is 5.92 Å². The van der Waals surface area contributed by atoms with Crippen LogP contribution in [0.4, 0.5) is 4.79 Å². The molecule has 3 heteroatoms.